The molecule has 6 heteroatoms. The van der Waals surface area contributed by atoms with Crippen molar-refractivity contribution in [3.63, 3.8) is 0 Å². The second kappa shape index (κ2) is 6.41. The molecule has 0 radical (unpaired) electrons. The maximum absolute atomic E-state index is 5.69. The fourth-order valence-electron chi connectivity index (χ4n) is 2.68. The molecule has 0 saturated carbocycles. The summed E-state index contributed by atoms with van der Waals surface area (Å²) >= 11 is 1.41. The molecule has 0 unspecified atom stereocenters. The van der Waals surface area contributed by atoms with Gasteiger partial charge in [0.25, 0.3) is 0 Å². The maximum atomic E-state index is 5.69. The molecule has 1 fully saturated rings. The maximum Gasteiger partial charge on any atom is 0.203 e. The molecule has 1 aromatic heterocycles. The Morgan fingerprint density at radius 1 is 1.24 bits per heavy atom. The Kier molecular flexibility index (Phi) is 4.36. The highest BCUT2D eigenvalue weighted by Gasteiger charge is 2.19. The number of aromatic nitrogens is 2. The molecular weight excluding hydrogens is 284 g/mol. The third-order valence-corrected chi connectivity index (χ3v) is 4.57. The van der Waals surface area contributed by atoms with Gasteiger partial charge in [0.2, 0.25) is 5.13 Å². The number of hydrogen-bond donors (Lipinski definition) is 1. The lowest BCUT2D eigenvalue weighted by Crippen LogP contribution is -2.37. The van der Waals surface area contributed by atoms with E-state index in [4.69, 9.17) is 10.5 Å². The van der Waals surface area contributed by atoms with E-state index in [0.29, 0.717) is 11.2 Å². The second-order valence-electron chi connectivity index (χ2n) is 5.13. The summed E-state index contributed by atoms with van der Waals surface area (Å²) < 4.78 is 5.69. The summed E-state index contributed by atoms with van der Waals surface area (Å²) in [5.74, 6) is 0. The molecule has 0 atom stereocenters. The number of hydrogen-bond acceptors (Lipinski definition) is 6. The van der Waals surface area contributed by atoms with Crippen molar-refractivity contribution in [3.8, 4) is 10.6 Å². The third kappa shape index (κ3) is 3.33. The molecule has 21 heavy (non-hydrogen) atoms. The lowest BCUT2D eigenvalue weighted by molar-refractivity contribution is 0.0459. The Bertz CT molecular complexity index is 576. The van der Waals surface area contributed by atoms with E-state index < -0.39 is 0 Å². The van der Waals surface area contributed by atoms with E-state index in [1.165, 1.54) is 17.0 Å². The van der Waals surface area contributed by atoms with Gasteiger partial charge in [-0.1, -0.05) is 11.3 Å². The van der Waals surface area contributed by atoms with E-state index in [1.54, 1.807) is 0 Å². The van der Waals surface area contributed by atoms with E-state index in [2.05, 4.69) is 46.3 Å². The van der Waals surface area contributed by atoms with Crippen molar-refractivity contribution in [3.05, 3.63) is 24.3 Å². The van der Waals surface area contributed by atoms with Crippen molar-refractivity contribution in [1.82, 2.24) is 10.2 Å². The van der Waals surface area contributed by atoms with Crippen LogP contribution in [0.2, 0.25) is 0 Å². The number of nitrogen functional groups attached to an aromatic ring is 1. The van der Waals surface area contributed by atoms with Crippen LogP contribution < -0.4 is 10.6 Å². The monoisotopic (exact) mass is 304 g/mol. The van der Waals surface area contributed by atoms with Crippen LogP contribution in [0.25, 0.3) is 10.6 Å². The predicted octanol–water partition coefficient (Wildman–Crippen LogP) is 2.79. The van der Waals surface area contributed by atoms with Crippen molar-refractivity contribution >= 4 is 22.2 Å². The first kappa shape index (κ1) is 14.3. The average molecular weight is 304 g/mol. The number of nitrogens with zero attached hydrogens (tertiary/aromatic N) is 3. The highest BCUT2D eigenvalue weighted by atomic mass is 32.1. The molecule has 0 amide bonds. The minimum absolute atomic E-state index is 0.426. The SMILES string of the molecule is CCOC1CCN(c2ccc(-c3nnc(N)s3)cc2)CC1. The number of benzene rings is 1. The van der Waals surface area contributed by atoms with E-state index in [9.17, 15) is 0 Å². The molecule has 5 nitrogen and oxygen atoms in total. The summed E-state index contributed by atoms with van der Waals surface area (Å²) in [4.78, 5) is 2.41. The second-order valence-corrected chi connectivity index (χ2v) is 6.14. The van der Waals surface area contributed by atoms with Gasteiger partial charge in [0.15, 0.2) is 0 Å². The summed E-state index contributed by atoms with van der Waals surface area (Å²) in [6.45, 7) is 4.97. The molecule has 0 bridgehead atoms. The van der Waals surface area contributed by atoms with Gasteiger partial charge in [0.1, 0.15) is 5.01 Å². The molecule has 0 aliphatic carbocycles. The van der Waals surface area contributed by atoms with Gasteiger partial charge in [-0.2, -0.15) is 0 Å². The molecule has 2 aromatic rings. The Hall–Kier alpha value is -1.66. The number of piperidine rings is 1. The van der Waals surface area contributed by atoms with Crippen LogP contribution in [0, 0.1) is 0 Å². The number of nitrogens with two attached hydrogens (primary N) is 1. The molecule has 3 rings (SSSR count). The van der Waals surface area contributed by atoms with Crippen LogP contribution in [0.5, 0.6) is 0 Å². The standard InChI is InChI=1S/C15H20N4OS/c1-2-20-13-7-9-19(10-8-13)12-5-3-11(4-6-12)14-17-18-15(16)21-14/h3-6,13H,2,7-10H2,1H3,(H2,16,18). The summed E-state index contributed by atoms with van der Waals surface area (Å²) in [7, 11) is 0. The average Bonchev–Trinajstić information content (AvgIpc) is 2.95. The number of rotatable bonds is 4. The minimum atomic E-state index is 0.426. The molecule has 1 aliphatic heterocycles. The summed E-state index contributed by atoms with van der Waals surface area (Å²) in [5, 5.41) is 9.30. The van der Waals surface area contributed by atoms with Crippen LogP contribution in [0.1, 0.15) is 19.8 Å². The zero-order chi connectivity index (χ0) is 14.7. The Balaban J connectivity index is 1.65. The molecule has 0 spiro atoms. The largest absolute Gasteiger partial charge is 0.378 e. The van der Waals surface area contributed by atoms with E-state index in [-0.39, 0.29) is 0 Å². The molecular formula is C15H20N4OS. The first-order valence-corrected chi connectivity index (χ1v) is 8.14. The molecule has 1 aliphatic rings. The van der Waals surface area contributed by atoms with Gasteiger partial charge in [-0.3, -0.25) is 0 Å². The number of anilines is 2. The van der Waals surface area contributed by atoms with Crippen LogP contribution in [0.15, 0.2) is 24.3 Å². The summed E-state index contributed by atoms with van der Waals surface area (Å²) in [6, 6.07) is 8.47. The van der Waals surface area contributed by atoms with Crippen LogP contribution in [-0.4, -0.2) is 36.0 Å². The summed E-state index contributed by atoms with van der Waals surface area (Å²) in [6.07, 6.45) is 2.63. The van der Waals surface area contributed by atoms with Crippen LogP contribution >= 0.6 is 11.3 Å². The molecule has 2 heterocycles. The van der Waals surface area contributed by atoms with Crippen LogP contribution in [-0.2, 0) is 4.74 Å². The highest BCUT2D eigenvalue weighted by Crippen LogP contribution is 2.28. The Morgan fingerprint density at radius 2 is 1.95 bits per heavy atom. The zero-order valence-corrected chi connectivity index (χ0v) is 13.0. The van der Waals surface area contributed by atoms with Gasteiger partial charge >= 0.3 is 0 Å². The van der Waals surface area contributed by atoms with E-state index in [1.807, 2.05) is 0 Å². The fraction of sp³-hybridized carbons (Fsp3) is 0.467. The van der Waals surface area contributed by atoms with Gasteiger partial charge in [-0.25, -0.2) is 0 Å². The van der Waals surface area contributed by atoms with Crippen molar-refractivity contribution < 1.29 is 4.74 Å². The Labute approximate surface area is 128 Å². The topological polar surface area (TPSA) is 64.3 Å². The van der Waals surface area contributed by atoms with Gasteiger partial charge < -0.3 is 15.4 Å². The predicted molar refractivity (Wildman–Crippen MR) is 86.6 cm³/mol. The minimum Gasteiger partial charge on any atom is -0.378 e. The van der Waals surface area contributed by atoms with Crippen LogP contribution in [0.4, 0.5) is 10.8 Å². The van der Waals surface area contributed by atoms with Gasteiger partial charge in [-0.15, -0.1) is 10.2 Å². The zero-order valence-electron chi connectivity index (χ0n) is 12.2. The lowest BCUT2D eigenvalue weighted by atomic mass is 10.1. The third-order valence-electron chi connectivity index (χ3n) is 3.76. The molecule has 1 saturated heterocycles. The van der Waals surface area contributed by atoms with Crippen molar-refractivity contribution in [2.75, 3.05) is 30.3 Å². The molecule has 2 N–H and O–H groups in total. The first-order chi connectivity index (χ1) is 10.3. The van der Waals surface area contributed by atoms with Gasteiger partial charge in [0, 0.05) is 30.9 Å². The smallest absolute Gasteiger partial charge is 0.203 e. The van der Waals surface area contributed by atoms with Crippen LogP contribution in [0.3, 0.4) is 0 Å². The van der Waals surface area contributed by atoms with Gasteiger partial charge in [-0.05, 0) is 44.0 Å². The fourth-order valence-corrected chi connectivity index (χ4v) is 3.30. The Morgan fingerprint density at radius 3 is 2.52 bits per heavy atom. The lowest BCUT2D eigenvalue weighted by Gasteiger charge is -2.33. The van der Waals surface area contributed by atoms with Crippen molar-refractivity contribution in [2.24, 2.45) is 0 Å². The highest BCUT2D eigenvalue weighted by molar-refractivity contribution is 7.18. The quantitative estimate of drug-likeness (QED) is 0.941. The van der Waals surface area contributed by atoms with Crippen molar-refractivity contribution in [2.45, 2.75) is 25.9 Å². The number of ether oxygens (including phenoxy) is 1. The first-order valence-electron chi connectivity index (χ1n) is 7.32. The molecule has 1 aromatic carbocycles. The van der Waals surface area contributed by atoms with E-state index >= 15 is 0 Å². The van der Waals surface area contributed by atoms with Crippen molar-refractivity contribution in [1.29, 1.82) is 0 Å². The summed E-state index contributed by atoms with van der Waals surface area (Å²) in [5.41, 5.74) is 7.95. The van der Waals surface area contributed by atoms with E-state index in [0.717, 1.165) is 43.1 Å². The van der Waals surface area contributed by atoms with Gasteiger partial charge in [0.05, 0.1) is 6.10 Å². The normalized spacial score (nSPS) is 16.3. The molecule has 112 valence electrons.